The molecule has 1 N–H and O–H groups in total. The summed E-state index contributed by atoms with van der Waals surface area (Å²) < 4.78 is 5.28. The lowest BCUT2D eigenvalue weighted by Crippen LogP contribution is -2.16. The topological polar surface area (TPSA) is 51.2 Å². The minimum Gasteiger partial charge on any atom is -0.496 e. The second-order valence-corrected chi connectivity index (χ2v) is 4.71. The number of carbonyl (C=O) groups is 1. The Kier molecular flexibility index (Phi) is 4.35. The van der Waals surface area contributed by atoms with Gasteiger partial charge >= 0.3 is 0 Å². The highest BCUT2D eigenvalue weighted by Gasteiger charge is 2.10. The van der Waals surface area contributed by atoms with Crippen LogP contribution in [0.3, 0.4) is 0 Å². The fourth-order valence-electron chi connectivity index (χ4n) is 2.01. The van der Waals surface area contributed by atoms with E-state index in [0.29, 0.717) is 5.82 Å². The van der Waals surface area contributed by atoms with Gasteiger partial charge in [0.1, 0.15) is 11.6 Å². The minimum atomic E-state index is -0.101. The molecule has 0 saturated heterocycles. The van der Waals surface area contributed by atoms with Gasteiger partial charge in [-0.15, -0.1) is 0 Å². The summed E-state index contributed by atoms with van der Waals surface area (Å²) in [5.74, 6) is 1.23. The van der Waals surface area contributed by atoms with Crippen LogP contribution < -0.4 is 10.1 Å². The molecule has 1 amide bonds. The third kappa shape index (κ3) is 3.35. The summed E-state index contributed by atoms with van der Waals surface area (Å²) in [5.41, 5.74) is 2.92. The second-order valence-electron chi connectivity index (χ2n) is 4.71. The number of aromatic nitrogens is 1. The van der Waals surface area contributed by atoms with Crippen LogP contribution in [-0.2, 0) is 11.2 Å². The molecule has 1 heterocycles. The molecule has 0 atom stereocenters. The van der Waals surface area contributed by atoms with Gasteiger partial charge in [-0.1, -0.05) is 23.8 Å². The van der Waals surface area contributed by atoms with E-state index in [1.807, 2.05) is 44.2 Å². The van der Waals surface area contributed by atoms with Crippen LogP contribution in [0.5, 0.6) is 5.75 Å². The van der Waals surface area contributed by atoms with Gasteiger partial charge in [0.25, 0.3) is 0 Å². The van der Waals surface area contributed by atoms with Crippen molar-refractivity contribution in [2.45, 2.75) is 20.3 Å². The highest BCUT2D eigenvalue weighted by atomic mass is 16.5. The van der Waals surface area contributed by atoms with Crippen molar-refractivity contribution in [3.63, 3.8) is 0 Å². The van der Waals surface area contributed by atoms with Crippen molar-refractivity contribution < 1.29 is 9.53 Å². The first kappa shape index (κ1) is 14.1. The number of hydrogen-bond acceptors (Lipinski definition) is 3. The average Bonchev–Trinajstić information content (AvgIpc) is 2.41. The third-order valence-electron chi connectivity index (χ3n) is 3.05. The zero-order chi connectivity index (χ0) is 14.5. The largest absolute Gasteiger partial charge is 0.496 e. The van der Waals surface area contributed by atoms with Gasteiger partial charge in [-0.2, -0.15) is 0 Å². The molecule has 1 aromatic heterocycles. The van der Waals surface area contributed by atoms with E-state index < -0.39 is 0 Å². The van der Waals surface area contributed by atoms with Crippen LogP contribution in [0, 0.1) is 13.8 Å². The van der Waals surface area contributed by atoms with Gasteiger partial charge in [-0.25, -0.2) is 4.98 Å². The van der Waals surface area contributed by atoms with E-state index in [2.05, 4.69) is 10.3 Å². The molecule has 0 radical (unpaired) electrons. The number of rotatable bonds is 4. The molecular weight excluding hydrogens is 252 g/mol. The number of nitrogens with one attached hydrogen (secondary N) is 1. The van der Waals surface area contributed by atoms with Crippen LogP contribution in [0.4, 0.5) is 5.82 Å². The molecule has 0 unspecified atom stereocenters. The van der Waals surface area contributed by atoms with E-state index in [1.54, 1.807) is 13.3 Å². The Labute approximate surface area is 118 Å². The van der Waals surface area contributed by atoms with Crippen molar-refractivity contribution in [2.24, 2.45) is 0 Å². The van der Waals surface area contributed by atoms with E-state index in [4.69, 9.17) is 4.74 Å². The summed E-state index contributed by atoms with van der Waals surface area (Å²) in [6.07, 6.45) is 1.93. The second kappa shape index (κ2) is 6.19. The lowest BCUT2D eigenvalue weighted by Gasteiger charge is -2.10. The van der Waals surface area contributed by atoms with Gasteiger partial charge in [0.05, 0.1) is 13.5 Å². The van der Waals surface area contributed by atoms with Gasteiger partial charge in [0.2, 0.25) is 5.91 Å². The highest BCUT2D eigenvalue weighted by Crippen LogP contribution is 2.20. The van der Waals surface area contributed by atoms with Gasteiger partial charge in [0, 0.05) is 11.8 Å². The molecule has 2 rings (SSSR count). The number of aryl methyl sites for hydroxylation is 2. The molecule has 0 fully saturated rings. The predicted octanol–water partition coefficient (Wildman–Crippen LogP) is 2.89. The molecule has 0 bridgehead atoms. The first-order valence-corrected chi connectivity index (χ1v) is 6.45. The SMILES string of the molecule is COc1ccc(C)cc1CC(=O)Nc1ncccc1C. The Bertz CT molecular complexity index is 624. The normalized spacial score (nSPS) is 10.2. The quantitative estimate of drug-likeness (QED) is 0.929. The number of pyridine rings is 1. The Morgan fingerprint density at radius 1 is 1.30 bits per heavy atom. The molecule has 0 aliphatic rings. The van der Waals surface area contributed by atoms with Gasteiger partial charge < -0.3 is 10.1 Å². The molecule has 0 aliphatic carbocycles. The Morgan fingerprint density at radius 3 is 2.80 bits per heavy atom. The number of benzene rings is 1. The van der Waals surface area contributed by atoms with Gasteiger partial charge in [-0.3, -0.25) is 4.79 Å². The highest BCUT2D eigenvalue weighted by molar-refractivity contribution is 5.92. The molecular formula is C16H18N2O2. The molecule has 0 aliphatic heterocycles. The Balaban J connectivity index is 2.12. The van der Waals surface area contributed by atoms with E-state index in [1.165, 1.54) is 0 Å². The van der Waals surface area contributed by atoms with Crippen LogP contribution in [0.25, 0.3) is 0 Å². The van der Waals surface area contributed by atoms with E-state index >= 15 is 0 Å². The molecule has 4 nitrogen and oxygen atoms in total. The summed E-state index contributed by atoms with van der Waals surface area (Å²) in [5, 5.41) is 2.82. The fourth-order valence-corrected chi connectivity index (χ4v) is 2.01. The van der Waals surface area contributed by atoms with Crippen molar-refractivity contribution in [3.05, 3.63) is 53.2 Å². The van der Waals surface area contributed by atoms with Crippen LogP contribution >= 0.6 is 0 Å². The molecule has 4 heteroatoms. The van der Waals surface area contributed by atoms with Crippen LogP contribution in [0.15, 0.2) is 36.5 Å². The maximum absolute atomic E-state index is 12.1. The van der Waals surface area contributed by atoms with E-state index in [-0.39, 0.29) is 12.3 Å². The number of amides is 1. The van der Waals surface area contributed by atoms with Crippen molar-refractivity contribution in [1.82, 2.24) is 4.98 Å². The van der Waals surface area contributed by atoms with Crippen molar-refractivity contribution in [1.29, 1.82) is 0 Å². The van der Waals surface area contributed by atoms with Crippen LogP contribution in [0.1, 0.15) is 16.7 Å². The molecule has 2 aromatic rings. The monoisotopic (exact) mass is 270 g/mol. The summed E-state index contributed by atoms with van der Waals surface area (Å²) in [4.78, 5) is 16.3. The summed E-state index contributed by atoms with van der Waals surface area (Å²) >= 11 is 0. The third-order valence-corrected chi connectivity index (χ3v) is 3.05. The predicted molar refractivity (Wildman–Crippen MR) is 79.0 cm³/mol. The van der Waals surface area contributed by atoms with Gasteiger partial charge in [0.15, 0.2) is 0 Å². The average molecular weight is 270 g/mol. The first-order valence-electron chi connectivity index (χ1n) is 6.45. The standard InChI is InChI=1S/C16H18N2O2/c1-11-6-7-14(20-3)13(9-11)10-15(19)18-16-12(2)5-4-8-17-16/h4-9H,10H2,1-3H3,(H,17,18,19). The first-order chi connectivity index (χ1) is 9.60. The number of ether oxygens (including phenoxy) is 1. The number of anilines is 1. The van der Waals surface area contributed by atoms with E-state index in [0.717, 1.165) is 22.4 Å². The van der Waals surface area contributed by atoms with Crippen LogP contribution in [-0.4, -0.2) is 18.0 Å². The zero-order valence-electron chi connectivity index (χ0n) is 11.9. The Hall–Kier alpha value is -2.36. The number of methoxy groups -OCH3 is 1. The minimum absolute atomic E-state index is 0.101. The number of hydrogen-bond donors (Lipinski definition) is 1. The van der Waals surface area contributed by atoms with Crippen molar-refractivity contribution in [2.75, 3.05) is 12.4 Å². The zero-order valence-corrected chi connectivity index (χ0v) is 11.9. The maximum atomic E-state index is 12.1. The molecule has 0 spiro atoms. The summed E-state index contributed by atoms with van der Waals surface area (Å²) in [7, 11) is 1.61. The van der Waals surface area contributed by atoms with E-state index in [9.17, 15) is 4.79 Å². The smallest absolute Gasteiger partial charge is 0.230 e. The fraction of sp³-hybridized carbons (Fsp3) is 0.250. The number of nitrogens with zero attached hydrogens (tertiary/aromatic N) is 1. The molecule has 20 heavy (non-hydrogen) atoms. The maximum Gasteiger partial charge on any atom is 0.230 e. The lowest BCUT2D eigenvalue weighted by molar-refractivity contribution is -0.115. The number of carbonyl (C=O) groups excluding carboxylic acids is 1. The van der Waals surface area contributed by atoms with Crippen LogP contribution in [0.2, 0.25) is 0 Å². The van der Waals surface area contributed by atoms with Gasteiger partial charge in [-0.05, 0) is 31.5 Å². The lowest BCUT2D eigenvalue weighted by atomic mass is 10.1. The molecule has 0 saturated carbocycles. The summed E-state index contributed by atoms with van der Waals surface area (Å²) in [6, 6.07) is 9.56. The molecule has 1 aromatic carbocycles. The van der Waals surface area contributed by atoms with Crippen molar-refractivity contribution >= 4 is 11.7 Å². The Morgan fingerprint density at radius 2 is 2.10 bits per heavy atom. The summed E-state index contributed by atoms with van der Waals surface area (Å²) in [6.45, 7) is 3.90. The molecule has 104 valence electrons. The van der Waals surface area contributed by atoms with Crippen molar-refractivity contribution in [3.8, 4) is 5.75 Å².